The largest absolute Gasteiger partial charge is 0.347 e. The molecule has 0 spiro atoms. The fourth-order valence-electron chi connectivity index (χ4n) is 6.60. The quantitative estimate of drug-likeness (QED) is 0.703. The second kappa shape index (κ2) is 8.64. The van der Waals surface area contributed by atoms with Crippen molar-refractivity contribution < 1.29 is 14.4 Å². The van der Waals surface area contributed by atoms with Gasteiger partial charge in [0.05, 0.1) is 13.1 Å². The number of amides is 3. The first-order valence-corrected chi connectivity index (χ1v) is 11.6. The molecule has 6 nitrogen and oxygen atoms in total. The molecule has 2 N–H and O–H groups in total. The number of rotatable bonds is 7. The van der Waals surface area contributed by atoms with E-state index in [1.165, 1.54) is 43.4 Å². The number of likely N-dealkylation sites (N-methyl/N-ethyl adjacent to an activating group) is 1. The van der Waals surface area contributed by atoms with Crippen LogP contribution in [0.2, 0.25) is 0 Å². The van der Waals surface area contributed by atoms with E-state index in [4.69, 9.17) is 0 Å². The van der Waals surface area contributed by atoms with Gasteiger partial charge in [-0.05, 0) is 92.7 Å². The van der Waals surface area contributed by atoms with Gasteiger partial charge in [0.2, 0.25) is 17.7 Å². The van der Waals surface area contributed by atoms with E-state index in [0.717, 1.165) is 34.6 Å². The number of hydrogen-bond acceptors (Lipinski definition) is 3. The summed E-state index contributed by atoms with van der Waals surface area (Å²) in [6.45, 7) is 3.85. The molecule has 31 heavy (non-hydrogen) atoms. The molecule has 4 bridgehead atoms. The highest BCUT2D eigenvalue weighted by atomic mass is 16.2. The van der Waals surface area contributed by atoms with E-state index in [1.807, 2.05) is 32.0 Å². The molecule has 5 rings (SSSR count). The highest BCUT2D eigenvalue weighted by molar-refractivity contribution is 5.95. The Morgan fingerprint density at radius 3 is 2.23 bits per heavy atom. The van der Waals surface area contributed by atoms with Gasteiger partial charge in [-0.2, -0.15) is 0 Å². The lowest BCUT2D eigenvalue weighted by Crippen LogP contribution is -2.48. The number of anilines is 1. The molecular formula is C25H35N3O3. The molecule has 0 aliphatic heterocycles. The molecule has 0 radical (unpaired) electrons. The van der Waals surface area contributed by atoms with Crippen molar-refractivity contribution in [3.8, 4) is 0 Å². The van der Waals surface area contributed by atoms with Crippen LogP contribution in [0.4, 0.5) is 5.69 Å². The molecule has 0 saturated heterocycles. The average Bonchev–Trinajstić information content (AvgIpc) is 2.68. The van der Waals surface area contributed by atoms with E-state index in [2.05, 4.69) is 10.6 Å². The van der Waals surface area contributed by atoms with Gasteiger partial charge in [-0.15, -0.1) is 0 Å². The van der Waals surface area contributed by atoms with Gasteiger partial charge in [0.25, 0.3) is 0 Å². The fraction of sp³-hybridized carbons (Fsp3) is 0.640. The molecule has 0 unspecified atom stereocenters. The molecule has 4 aliphatic rings. The summed E-state index contributed by atoms with van der Waals surface area (Å²) in [4.78, 5) is 38.8. The molecule has 3 amide bonds. The summed E-state index contributed by atoms with van der Waals surface area (Å²) in [5.41, 5.74) is 3.04. The van der Waals surface area contributed by atoms with Gasteiger partial charge >= 0.3 is 0 Å². The summed E-state index contributed by atoms with van der Waals surface area (Å²) in [6.07, 6.45) is 8.15. The maximum absolute atomic E-state index is 12.6. The van der Waals surface area contributed by atoms with Crippen LogP contribution in [0.25, 0.3) is 0 Å². The van der Waals surface area contributed by atoms with E-state index < -0.39 is 0 Å². The normalized spacial score (nSPS) is 28.3. The van der Waals surface area contributed by atoms with Crippen molar-refractivity contribution >= 4 is 23.4 Å². The average molecular weight is 426 g/mol. The topological polar surface area (TPSA) is 78.5 Å². The van der Waals surface area contributed by atoms with E-state index in [1.54, 1.807) is 7.05 Å². The third-order valence-electron chi connectivity index (χ3n) is 7.82. The first-order valence-electron chi connectivity index (χ1n) is 11.6. The third-order valence-corrected chi connectivity index (χ3v) is 7.82. The Bertz CT molecular complexity index is 843. The summed E-state index contributed by atoms with van der Waals surface area (Å²) in [6, 6.07) is 5.74. The SMILES string of the molecule is Cc1cccc(NC(=O)CN(C)C(=O)CNC(=O)CC23CC4CC(CC(C4)C2)C3)c1C. The summed E-state index contributed by atoms with van der Waals surface area (Å²) < 4.78 is 0. The third kappa shape index (κ3) is 4.94. The summed E-state index contributed by atoms with van der Waals surface area (Å²) in [5, 5.41) is 5.68. The highest BCUT2D eigenvalue weighted by Gasteiger charge is 2.51. The van der Waals surface area contributed by atoms with Gasteiger partial charge in [-0.25, -0.2) is 0 Å². The van der Waals surface area contributed by atoms with Crippen molar-refractivity contribution in [1.82, 2.24) is 10.2 Å². The fourth-order valence-corrected chi connectivity index (χ4v) is 6.60. The maximum atomic E-state index is 12.6. The lowest BCUT2D eigenvalue weighted by molar-refractivity contribution is -0.136. The number of hydrogen-bond donors (Lipinski definition) is 2. The number of carbonyl (C=O) groups excluding carboxylic acids is 3. The van der Waals surface area contributed by atoms with E-state index in [9.17, 15) is 14.4 Å². The smallest absolute Gasteiger partial charge is 0.243 e. The van der Waals surface area contributed by atoms with E-state index in [0.29, 0.717) is 6.42 Å². The zero-order valence-electron chi connectivity index (χ0n) is 19.0. The first-order chi connectivity index (χ1) is 14.7. The molecule has 1 aromatic rings. The van der Waals surface area contributed by atoms with Crippen LogP contribution in [0, 0.1) is 37.0 Å². The van der Waals surface area contributed by atoms with Crippen LogP contribution in [0.15, 0.2) is 18.2 Å². The lowest BCUT2D eigenvalue weighted by atomic mass is 9.49. The van der Waals surface area contributed by atoms with Gasteiger partial charge in [-0.3, -0.25) is 14.4 Å². The molecule has 1 aromatic carbocycles. The Kier molecular flexibility index (Phi) is 6.09. The van der Waals surface area contributed by atoms with Crippen molar-refractivity contribution in [2.24, 2.45) is 23.2 Å². The molecule has 0 heterocycles. The van der Waals surface area contributed by atoms with Gasteiger partial charge in [0.15, 0.2) is 0 Å². The second-order valence-corrected chi connectivity index (χ2v) is 10.4. The minimum Gasteiger partial charge on any atom is -0.347 e. The van der Waals surface area contributed by atoms with Gasteiger partial charge in [0.1, 0.15) is 0 Å². The predicted octanol–water partition coefficient (Wildman–Crippen LogP) is 3.42. The molecule has 168 valence electrons. The van der Waals surface area contributed by atoms with Gasteiger partial charge < -0.3 is 15.5 Å². The van der Waals surface area contributed by atoms with Crippen LogP contribution >= 0.6 is 0 Å². The lowest BCUT2D eigenvalue weighted by Gasteiger charge is -2.56. The van der Waals surface area contributed by atoms with E-state index in [-0.39, 0.29) is 36.2 Å². The highest BCUT2D eigenvalue weighted by Crippen LogP contribution is 2.61. The van der Waals surface area contributed by atoms with Crippen LogP contribution < -0.4 is 10.6 Å². The van der Waals surface area contributed by atoms with E-state index >= 15 is 0 Å². The Morgan fingerprint density at radius 2 is 1.61 bits per heavy atom. The molecule has 4 saturated carbocycles. The number of nitrogens with zero attached hydrogens (tertiary/aromatic N) is 1. The molecule has 4 fully saturated rings. The molecule has 0 aromatic heterocycles. The van der Waals surface area contributed by atoms with Crippen molar-refractivity contribution in [2.75, 3.05) is 25.5 Å². The second-order valence-electron chi connectivity index (χ2n) is 10.4. The zero-order valence-corrected chi connectivity index (χ0v) is 19.0. The predicted molar refractivity (Wildman–Crippen MR) is 120 cm³/mol. The maximum Gasteiger partial charge on any atom is 0.243 e. The first kappa shape index (κ1) is 21.8. The van der Waals surface area contributed by atoms with Crippen molar-refractivity contribution in [2.45, 2.75) is 58.8 Å². The van der Waals surface area contributed by atoms with Gasteiger partial charge in [0, 0.05) is 19.2 Å². The van der Waals surface area contributed by atoms with Crippen LogP contribution in [-0.4, -0.2) is 42.8 Å². The van der Waals surface area contributed by atoms with Crippen molar-refractivity contribution in [3.63, 3.8) is 0 Å². The van der Waals surface area contributed by atoms with Crippen molar-refractivity contribution in [3.05, 3.63) is 29.3 Å². The minimum atomic E-state index is -0.255. The molecule has 6 heteroatoms. The Morgan fingerprint density at radius 1 is 1.00 bits per heavy atom. The number of nitrogens with one attached hydrogen (secondary N) is 2. The number of carbonyl (C=O) groups is 3. The van der Waals surface area contributed by atoms with Gasteiger partial charge in [-0.1, -0.05) is 12.1 Å². The zero-order chi connectivity index (χ0) is 22.2. The van der Waals surface area contributed by atoms with Crippen LogP contribution in [-0.2, 0) is 14.4 Å². The summed E-state index contributed by atoms with van der Waals surface area (Å²) in [5.74, 6) is 1.90. The Balaban J connectivity index is 1.22. The Labute approximate surface area is 185 Å². The van der Waals surface area contributed by atoms with Crippen LogP contribution in [0.3, 0.4) is 0 Å². The summed E-state index contributed by atoms with van der Waals surface area (Å²) >= 11 is 0. The van der Waals surface area contributed by atoms with Crippen LogP contribution in [0.1, 0.15) is 56.1 Å². The minimum absolute atomic E-state index is 0.0245. The molecular weight excluding hydrogens is 390 g/mol. The molecule has 0 atom stereocenters. The Hall–Kier alpha value is -2.37. The monoisotopic (exact) mass is 425 g/mol. The van der Waals surface area contributed by atoms with Crippen molar-refractivity contribution in [1.29, 1.82) is 0 Å². The molecule has 4 aliphatic carbocycles. The number of aryl methyl sites for hydroxylation is 1. The summed E-state index contributed by atoms with van der Waals surface area (Å²) in [7, 11) is 1.59. The standard InChI is InChI=1S/C25H35N3O3/c1-16-5-4-6-21(17(16)2)27-23(30)15-28(3)24(31)14-26-22(29)13-25-10-18-7-19(11-25)9-20(8-18)12-25/h4-6,18-20H,7-15H2,1-3H3,(H,26,29)(H,27,30). The number of benzene rings is 1. The van der Waals surface area contributed by atoms with Crippen LogP contribution in [0.5, 0.6) is 0 Å².